The average molecular weight is 411 g/mol. The van der Waals surface area contributed by atoms with E-state index in [0.717, 1.165) is 33.9 Å². The molecule has 3 heterocycles. The van der Waals surface area contributed by atoms with Crippen molar-refractivity contribution in [3.63, 3.8) is 0 Å². The molecule has 0 aliphatic carbocycles. The zero-order chi connectivity index (χ0) is 20.0. The molecule has 29 heavy (non-hydrogen) atoms. The summed E-state index contributed by atoms with van der Waals surface area (Å²) < 4.78 is 2.26. The largest absolute Gasteiger partial charge is 1.00 e. The third kappa shape index (κ3) is 2.56. The van der Waals surface area contributed by atoms with E-state index in [1.54, 1.807) is 6.92 Å². The predicted octanol–water partition coefficient (Wildman–Crippen LogP) is -0.0626. The summed E-state index contributed by atoms with van der Waals surface area (Å²) in [5.41, 5.74) is 3.96. The van der Waals surface area contributed by atoms with Gasteiger partial charge < -0.3 is 21.8 Å². The number of ketones is 1. The van der Waals surface area contributed by atoms with Crippen molar-refractivity contribution in [1.82, 2.24) is 9.61 Å². The lowest BCUT2D eigenvalue weighted by Gasteiger charge is -2.41. The van der Waals surface area contributed by atoms with Crippen molar-refractivity contribution in [3.05, 3.63) is 51.4 Å². The minimum atomic E-state index is -0.157. The molecule has 0 spiro atoms. The summed E-state index contributed by atoms with van der Waals surface area (Å²) in [6.45, 7) is 5.09. The van der Waals surface area contributed by atoms with Crippen LogP contribution >= 0.6 is 0 Å². The highest BCUT2D eigenvalue weighted by Gasteiger charge is 2.31. The van der Waals surface area contributed by atoms with Gasteiger partial charge in [-0.05, 0) is 19.9 Å². The summed E-state index contributed by atoms with van der Waals surface area (Å²) in [7, 11) is 6.50. The number of anilines is 1. The Morgan fingerprint density at radius 2 is 1.86 bits per heavy atom. The Labute approximate surface area is 174 Å². The van der Waals surface area contributed by atoms with Gasteiger partial charge in [-0.1, -0.05) is 18.2 Å². The van der Waals surface area contributed by atoms with Crippen molar-refractivity contribution in [2.75, 3.05) is 32.7 Å². The second kappa shape index (κ2) is 6.15. The topological polar surface area (TPSA) is 54.7 Å². The third-order valence-electron chi connectivity index (χ3n) is 5.88. The molecule has 0 radical (unpaired) electrons. The van der Waals surface area contributed by atoms with Gasteiger partial charge in [0.25, 0.3) is 5.56 Å². The molecule has 5 rings (SSSR count). The van der Waals surface area contributed by atoms with E-state index >= 15 is 0 Å². The molecule has 2 aromatic heterocycles. The molecule has 0 amide bonds. The van der Waals surface area contributed by atoms with E-state index in [1.807, 2.05) is 18.2 Å². The van der Waals surface area contributed by atoms with Crippen molar-refractivity contribution in [1.29, 1.82) is 0 Å². The molecule has 0 N–H and O–H groups in total. The molecule has 0 atom stereocenters. The minimum absolute atomic E-state index is 0. The van der Waals surface area contributed by atoms with Crippen LogP contribution in [0.25, 0.3) is 27.1 Å². The highest BCUT2D eigenvalue weighted by atomic mass is 35.5. The molecular formula is C22H23ClN4O2. The first-order valence-electron chi connectivity index (χ1n) is 9.47. The second-order valence-corrected chi connectivity index (χ2v) is 8.68. The van der Waals surface area contributed by atoms with E-state index in [2.05, 4.69) is 37.2 Å². The van der Waals surface area contributed by atoms with Crippen LogP contribution < -0.4 is 22.9 Å². The molecule has 1 aliphatic heterocycles. The maximum atomic E-state index is 13.4. The molecule has 0 saturated heterocycles. The molecule has 150 valence electrons. The second-order valence-electron chi connectivity index (χ2n) is 8.68. The van der Waals surface area contributed by atoms with E-state index in [9.17, 15) is 9.59 Å². The molecule has 7 heteroatoms. The molecule has 0 unspecified atom stereocenters. The first-order valence-corrected chi connectivity index (χ1v) is 9.47. The van der Waals surface area contributed by atoms with Crippen molar-refractivity contribution in [2.45, 2.75) is 20.4 Å². The number of nitrogens with zero attached hydrogens (tertiary/aromatic N) is 4. The summed E-state index contributed by atoms with van der Waals surface area (Å²) >= 11 is 0. The van der Waals surface area contributed by atoms with Crippen LogP contribution in [-0.2, 0) is 6.54 Å². The zero-order valence-electron chi connectivity index (χ0n) is 17.2. The van der Waals surface area contributed by atoms with Gasteiger partial charge in [0, 0.05) is 28.8 Å². The lowest BCUT2D eigenvalue weighted by atomic mass is 9.93. The van der Waals surface area contributed by atoms with Gasteiger partial charge in [0.05, 0.1) is 41.9 Å². The number of benzene rings is 2. The van der Waals surface area contributed by atoms with Crippen LogP contribution in [0.3, 0.4) is 0 Å². The molecule has 0 bridgehead atoms. The quantitative estimate of drug-likeness (QED) is 0.326. The van der Waals surface area contributed by atoms with Crippen molar-refractivity contribution in [3.8, 4) is 0 Å². The Bertz CT molecular complexity index is 1370. The lowest BCUT2D eigenvalue weighted by molar-refractivity contribution is -0.904. The number of carbonyl (C=O) groups excluding carboxylic acids is 1. The Kier molecular flexibility index (Phi) is 4.16. The zero-order valence-corrected chi connectivity index (χ0v) is 18.0. The Hall–Kier alpha value is -2.70. The van der Waals surface area contributed by atoms with Crippen LogP contribution in [-0.4, -0.2) is 47.7 Å². The Morgan fingerprint density at radius 1 is 1.17 bits per heavy atom. The normalized spacial score (nSPS) is 15.7. The van der Waals surface area contributed by atoms with Gasteiger partial charge >= 0.3 is 0 Å². The highest BCUT2D eigenvalue weighted by Crippen LogP contribution is 2.40. The summed E-state index contributed by atoms with van der Waals surface area (Å²) in [5, 5.41) is 8.01. The fourth-order valence-corrected chi connectivity index (χ4v) is 5.08. The highest BCUT2D eigenvalue weighted by molar-refractivity contribution is 6.22. The molecule has 4 aromatic rings. The lowest BCUT2D eigenvalue weighted by Crippen LogP contribution is -3.00. The molecule has 6 nitrogen and oxygen atoms in total. The monoisotopic (exact) mass is 410 g/mol. The Morgan fingerprint density at radius 3 is 2.55 bits per heavy atom. The smallest absolute Gasteiger partial charge is 0.279 e. The van der Waals surface area contributed by atoms with E-state index in [0.29, 0.717) is 22.2 Å². The molecule has 0 saturated carbocycles. The van der Waals surface area contributed by atoms with E-state index in [1.165, 1.54) is 22.7 Å². The summed E-state index contributed by atoms with van der Waals surface area (Å²) in [4.78, 5) is 28.0. The SMILES string of the molecule is CC(=O)c1c(C)nn2c(=O)c3cc4c(c5cccc(c53)c12)N(C)C[N+](C)(C)C4.[Cl-]. The van der Waals surface area contributed by atoms with Crippen molar-refractivity contribution < 1.29 is 21.7 Å². The number of quaternary nitrogens is 1. The van der Waals surface area contributed by atoms with Crippen LogP contribution in [0.1, 0.15) is 28.5 Å². The van der Waals surface area contributed by atoms with Gasteiger partial charge in [0.1, 0.15) is 6.54 Å². The first-order chi connectivity index (χ1) is 13.2. The molecule has 0 fully saturated rings. The van der Waals surface area contributed by atoms with Gasteiger partial charge in [0.15, 0.2) is 12.5 Å². The van der Waals surface area contributed by atoms with Gasteiger partial charge in [-0.15, -0.1) is 0 Å². The number of aromatic nitrogens is 2. The number of pyridine rings is 1. The van der Waals surface area contributed by atoms with Crippen LogP contribution in [0.5, 0.6) is 0 Å². The minimum Gasteiger partial charge on any atom is -1.00 e. The number of aryl methyl sites for hydroxylation is 1. The average Bonchev–Trinajstić information content (AvgIpc) is 2.95. The van der Waals surface area contributed by atoms with Crippen LogP contribution in [0, 0.1) is 6.92 Å². The number of Topliss-reactive ketones (excluding diaryl/α,β-unsaturated/α-hetero) is 1. The van der Waals surface area contributed by atoms with Gasteiger partial charge in [-0.2, -0.15) is 9.61 Å². The summed E-state index contributed by atoms with van der Waals surface area (Å²) in [6, 6.07) is 8.12. The fourth-order valence-electron chi connectivity index (χ4n) is 5.08. The van der Waals surface area contributed by atoms with Crippen LogP contribution in [0.2, 0.25) is 0 Å². The Balaban J connectivity index is 0.00000205. The van der Waals surface area contributed by atoms with E-state index in [-0.39, 0.29) is 23.7 Å². The van der Waals surface area contributed by atoms with Crippen molar-refractivity contribution in [2.24, 2.45) is 0 Å². The predicted molar refractivity (Wildman–Crippen MR) is 111 cm³/mol. The standard InChI is InChI=1S/C22H23N4O2.ClH/c1-12-18(13(2)27)21-16-8-6-7-15-19(16)17(22(28)25(21)23-12)9-14-10-26(4,5)11-24(3)20(14)15;/h6-9H,10-11H2,1-5H3;1H/q+1;/p-1. The van der Waals surface area contributed by atoms with Gasteiger partial charge in [-0.25, -0.2) is 0 Å². The van der Waals surface area contributed by atoms with Gasteiger partial charge in [0.2, 0.25) is 0 Å². The molecule has 1 aliphatic rings. The summed E-state index contributed by atoms with van der Waals surface area (Å²) in [6.07, 6.45) is 0. The molecule has 2 aromatic carbocycles. The maximum absolute atomic E-state index is 13.4. The molecular weight excluding hydrogens is 388 g/mol. The number of hydrogen-bond acceptors (Lipinski definition) is 4. The maximum Gasteiger partial charge on any atom is 0.279 e. The van der Waals surface area contributed by atoms with Crippen LogP contribution in [0.4, 0.5) is 5.69 Å². The van der Waals surface area contributed by atoms with Crippen molar-refractivity contribution >= 4 is 38.5 Å². The fraction of sp³-hybridized carbons (Fsp3) is 0.318. The summed E-state index contributed by atoms with van der Waals surface area (Å²) in [5.74, 6) is -0.0684. The number of carbonyl (C=O) groups is 1. The van der Waals surface area contributed by atoms with E-state index in [4.69, 9.17) is 0 Å². The van der Waals surface area contributed by atoms with Crippen LogP contribution in [0.15, 0.2) is 29.1 Å². The number of halogens is 1. The van der Waals surface area contributed by atoms with E-state index < -0.39 is 0 Å². The van der Waals surface area contributed by atoms with Gasteiger partial charge in [-0.3, -0.25) is 9.59 Å². The number of hydrogen-bond donors (Lipinski definition) is 0. The number of fused-ring (bicyclic) bond motifs is 4. The number of rotatable bonds is 1. The first kappa shape index (κ1) is 19.6. The third-order valence-corrected chi connectivity index (χ3v) is 5.88.